The zero-order valence-corrected chi connectivity index (χ0v) is 17.3. The third kappa shape index (κ3) is 3.12. The van der Waals surface area contributed by atoms with Crippen molar-refractivity contribution in [1.82, 2.24) is 5.32 Å². The molecule has 0 bridgehead atoms. The Balaban J connectivity index is 1.73. The van der Waals surface area contributed by atoms with Gasteiger partial charge in [-0.3, -0.25) is 19.7 Å². The summed E-state index contributed by atoms with van der Waals surface area (Å²) in [5.41, 5.74) is 0.586. The molecule has 1 aliphatic carbocycles. The molecule has 0 spiro atoms. The molecule has 2 aromatic carbocycles. The highest BCUT2D eigenvalue weighted by Gasteiger charge is 2.66. The minimum atomic E-state index is -1.17. The van der Waals surface area contributed by atoms with Gasteiger partial charge in [-0.15, -0.1) is 0 Å². The van der Waals surface area contributed by atoms with Gasteiger partial charge in [0.25, 0.3) is 0 Å². The van der Waals surface area contributed by atoms with E-state index in [0.29, 0.717) is 12.2 Å². The number of esters is 1. The molecule has 30 heavy (non-hydrogen) atoms. The maximum Gasteiger partial charge on any atom is 0.323 e. The van der Waals surface area contributed by atoms with E-state index >= 15 is 0 Å². The van der Waals surface area contributed by atoms with Crippen LogP contribution < -0.4 is 10.1 Å². The van der Waals surface area contributed by atoms with Crippen LogP contribution in [0.15, 0.2) is 54.6 Å². The molecule has 0 aromatic heterocycles. The molecule has 156 valence electrons. The van der Waals surface area contributed by atoms with E-state index in [1.165, 1.54) is 7.11 Å². The summed E-state index contributed by atoms with van der Waals surface area (Å²) in [6.07, 6.45) is 0.321. The van der Waals surface area contributed by atoms with E-state index < -0.39 is 35.3 Å². The van der Waals surface area contributed by atoms with Gasteiger partial charge in [-0.1, -0.05) is 42.5 Å². The van der Waals surface area contributed by atoms with E-state index in [0.717, 1.165) is 11.1 Å². The van der Waals surface area contributed by atoms with Crippen LogP contribution in [0.25, 0.3) is 0 Å². The normalized spacial score (nSPS) is 30.2. The van der Waals surface area contributed by atoms with Crippen molar-refractivity contribution in [3.63, 3.8) is 0 Å². The van der Waals surface area contributed by atoms with Crippen molar-refractivity contribution >= 4 is 17.5 Å². The summed E-state index contributed by atoms with van der Waals surface area (Å²) in [4.78, 5) is 39.7. The van der Waals surface area contributed by atoms with Crippen molar-refractivity contribution in [3.05, 3.63) is 65.7 Å². The van der Waals surface area contributed by atoms with Crippen molar-refractivity contribution in [3.8, 4) is 5.75 Å². The van der Waals surface area contributed by atoms with Crippen LogP contribution >= 0.6 is 0 Å². The topological polar surface area (TPSA) is 81.7 Å². The zero-order valence-electron chi connectivity index (χ0n) is 17.3. The van der Waals surface area contributed by atoms with E-state index in [-0.39, 0.29) is 11.6 Å². The molecular weight excluding hydrogens is 382 g/mol. The van der Waals surface area contributed by atoms with E-state index in [4.69, 9.17) is 9.47 Å². The van der Waals surface area contributed by atoms with Crippen molar-refractivity contribution in [1.29, 1.82) is 0 Å². The van der Waals surface area contributed by atoms with E-state index in [9.17, 15) is 14.4 Å². The number of ketones is 2. The van der Waals surface area contributed by atoms with Crippen LogP contribution in [0, 0.1) is 17.3 Å². The second kappa shape index (κ2) is 7.69. The van der Waals surface area contributed by atoms with Crippen LogP contribution in [0.1, 0.15) is 24.1 Å². The first-order valence-electron chi connectivity index (χ1n) is 10.0. The third-order valence-electron chi connectivity index (χ3n) is 6.49. The van der Waals surface area contributed by atoms with Crippen molar-refractivity contribution in [2.45, 2.75) is 25.4 Å². The highest BCUT2D eigenvalue weighted by molar-refractivity contribution is 6.17. The highest BCUT2D eigenvalue weighted by atomic mass is 16.5. The lowest BCUT2D eigenvalue weighted by Crippen LogP contribution is -2.44. The van der Waals surface area contributed by atoms with Gasteiger partial charge in [-0.2, -0.15) is 0 Å². The van der Waals surface area contributed by atoms with Crippen LogP contribution in [0.3, 0.4) is 0 Å². The average Bonchev–Trinajstić information content (AvgIpc) is 3.25. The van der Waals surface area contributed by atoms with Crippen molar-refractivity contribution < 1.29 is 23.9 Å². The Hall–Kier alpha value is -2.99. The van der Waals surface area contributed by atoms with Gasteiger partial charge in [0, 0.05) is 6.04 Å². The largest absolute Gasteiger partial charge is 0.497 e. The number of hydrogen-bond acceptors (Lipinski definition) is 6. The predicted octanol–water partition coefficient (Wildman–Crippen LogP) is 2.51. The fourth-order valence-corrected chi connectivity index (χ4v) is 4.94. The Labute approximate surface area is 175 Å². The van der Waals surface area contributed by atoms with E-state index in [1.54, 1.807) is 14.0 Å². The Morgan fingerprint density at radius 1 is 0.967 bits per heavy atom. The van der Waals surface area contributed by atoms with Gasteiger partial charge in [0.2, 0.25) is 0 Å². The van der Waals surface area contributed by atoms with E-state index in [2.05, 4.69) is 5.32 Å². The first kappa shape index (κ1) is 20.3. The van der Waals surface area contributed by atoms with Gasteiger partial charge >= 0.3 is 5.97 Å². The summed E-state index contributed by atoms with van der Waals surface area (Å²) in [6, 6.07) is 15.5. The summed E-state index contributed by atoms with van der Waals surface area (Å²) in [6.45, 7) is 1.71. The zero-order chi connectivity index (χ0) is 21.5. The number of ether oxygens (including phenoxy) is 2. The first-order chi connectivity index (χ1) is 14.4. The monoisotopic (exact) mass is 407 g/mol. The van der Waals surface area contributed by atoms with Gasteiger partial charge in [0.05, 0.1) is 31.5 Å². The van der Waals surface area contributed by atoms with Gasteiger partial charge < -0.3 is 9.47 Å². The lowest BCUT2D eigenvalue weighted by Gasteiger charge is -2.26. The number of carbonyl (C=O) groups is 3. The molecule has 1 saturated heterocycles. The smallest absolute Gasteiger partial charge is 0.323 e. The molecule has 6 heteroatoms. The molecule has 1 saturated carbocycles. The molecule has 0 unspecified atom stereocenters. The van der Waals surface area contributed by atoms with Gasteiger partial charge in [-0.05, 0) is 36.6 Å². The molecule has 0 amide bonds. The van der Waals surface area contributed by atoms with Crippen molar-refractivity contribution in [2.24, 2.45) is 17.3 Å². The Morgan fingerprint density at radius 2 is 1.60 bits per heavy atom. The highest BCUT2D eigenvalue weighted by Crippen LogP contribution is 2.51. The van der Waals surface area contributed by atoms with Crippen LogP contribution in [-0.2, 0) is 25.5 Å². The fraction of sp³-hybridized carbons (Fsp3) is 0.375. The molecule has 2 aromatic rings. The molecule has 6 nitrogen and oxygen atoms in total. The lowest BCUT2D eigenvalue weighted by molar-refractivity contribution is -0.146. The summed E-state index contributed by atoms with van der Waals surface area (Å²) in [5, 5.41) is 3.20. The summed E-state index contributed by atoms with van der Waals surface area (Å²) >= 11 is 0. The second-order valence-electron chi connectivity index (χ2n) is 8.19. The lowest BCUT2D eigenvalue weighted by atomic mass is 9.78. The standard InChI is InChI=1S/C24H25NO5/c1-24(13-14-7-5-4-6-8-14)21(26)17-18(22(24)27)20(23(28)30-3)25-19(17)15-9-11-16(29-2)12-10-15/h4-12,17-20,25H,13H2,1-3H3/t17-,18+,19-,20-,24-/m1/s1. The summed E-state index contributed by atoms with van der Waals surface area (Å²) in [7, 11) is 2.88. The fourth-order valence-electron chi connectivity index (χ4n) is 4.94. The number of carbonyl (C=O) groups excluding carboxylic acids is 3. The molecule has 2 fully saturated rings. The second-order valence-corrected chi connectivity index (χ2v) is 8.19. The number of methoxy groups -OCH3 is 2. The number of hydrogen-bond donors (Lipinski definition) is 1. The summed E-state index contributed by atoms with van der Waals surface area (Å²) < 4.78 is 10.2. The minimum Gasteiger partial charge on any atom is -0.497 e. The third-order valence-corrected chi connectivity index (χ3v) is 6.49. The number of rotatable bonds is 5. The van der Waals surface area contributed by atoms with Gasteiger partial charge in [0.15, 0.2) is 11.6 Å². The Morgan fingerprint density at radius 3 is 2.20 bits per heavy atom. The predicted molar refractivity (Wildman–Crippen MR) is 110 cm³/mol. The first-order valence-corrected chi connectivity index (χ1v) is 10.0. The Bertz CT molecular complexity index is 971. The average molecular weight is 407 g/mol. The van der Waals surface area contributed by atoms with Gasteiger partial charge in [-0.25, -0.2) is 0 Å². The van der Waals surface area contributed by atoms with Crippen LogP contribution in [0.4, 0.5) is 0 Å². The minimum absolute atomic E-state index is 0.124. The maximum atomic E-state index is 13.6. The molecule has 0 radical (unpaired) electrons. The number of Topliss-reactive ketones (excluding diaryl/α,β-unsaturated/α-hetero) is 2. The molecule has 2 aliphatic rings. The summed E-state index contributed by atoms with van der Waals surface area (Å²) in [5.74, 6) is -1.51. The number of benzene rings is 2. The SMILES string of the molecule is COC(=O)[C@@H]1N[C@H](c2ccc(OC)cc2)[C@@H]2C(=O)[C@@](C)(Cc3ccccc3)C(=O)[C@@H]21. The molecule has 1 N–H and O–H groups in total. The van der Waals surface area contributed by atoms with Gasteiger partial charge in [0.1, 0.15) is 11.8 Å². The number of nitrogens with one attached hydrogen (secondary N) is 1. The maximum absolute atomic E-state index is 13.6. The number of fused-ring (bicyclic) bond motifs is 1. The molecule has 5 atom stereocenters. The molecule has 1 heterocycles. The van der Waals surface area contributed by atoms with Crippen LogP contribution in [0.2, 0.25) is 0 Å². The molecule has 4 rings (SSSR count). The molecular formula is C24H25NO5. The van der Waals surface area contributed by atoms with Crippen molar-refractivity contribution in [2.75, 3.05) is 14.2 Å². The van der Waals surface area contributed by atoms with Crippen LogP contribution in [0.5, 0.6) is 5.75 Å². The molecule has 1 aliphatic heterocycles. The Kier molecular flexibility index (Phi) is 5.20. The quantitative estimate of drug-likeness (QED) is 0.606. The van der Waals surface area contributed by atoms with E-state index in [1.807, 2.05) is 54.6 Å². The van der Waals surface area contributed by atoms with Crippen LogP contribution in [-0.4, -0.2) is 37.8 Å².